The van der Waals surface area contributed by atoms with E-state index in [1.54, 1.807) is 12.1 Å². The Morgan fingerprint density at radius 3 is 2.35 bits per heavy atom. The van der Waals surface area contributed by atoms with Gasteiger partial charge in [-0.3, -0.25) is 10.1 Å². The maximum absolute atomic E-state index is 10.7. The monoisotopic (exact) mass is 292 g/mol. The molecular weight excluding hydrogens is 276 g/mol. The fourth-order valence-corrected chi connectivity index (χ4v) is 2.35. The molecule has 0 amide bonds. The molecule has 20 heavy (non-hydrogen) atoms. The van der Waals surface area contributed by atoms with E-state index in [2.05, 4.69) is 9.89 Å². The number of nitro benzene ring substituents is 1. The molecule has 0 unspecified atom stereocenters. The Bertz CT molecular complexity index is 536. The summed E-state index contributed by atoms with van der Waals surface area (Å²) < 4.78 is 0. The molecule has 1 fully saturated rings. The highest BCUT2D eigenvalue weighted by Gasteiger charge is 2.17. The van der Waals surface area contributed by atoms with Crippen molar-refractivity contribution in [3.8, 4) is 0 Å². The summed E-state index contributed by atoms with van der Waals surface area (Å²) in [6, 6.07) is 6.30. The van der Waals surface area contributed by atoms with Gasteiger partial charge in [0.2, 0.25) is 0 Å². The third kappa shape index (κ3) is 3.51. The lowest BCUT2D eigenvalue weighted by molar-refractivity contribution is -0.384. The van der Waals surface area contributed by atoms with Crippen LogP contribution in [0.5, 0.6) is 0 Å². The Morgan fingerprint density at radius 2 is 1.85 bits per heavy atom. The van der Waals surface area contributed by atoms with Crippen molar-refractivity contribution in [3.05, 3.63) is 39.9 Å². The second-order valence-electron chi connectivity index (χ2n) is 4.63. The van der Waals surface area contributed by atoms with Crippen molar-refractivity contribution in [1.29, 1.82) is 0 Å². The van der Waals surface area contributed by atoms with Crippen molar-refractivity contribution in [2.75, 3.05) is 13.1 Å². The van der Waals surface area contributed by atoms with Gasteiger partial charge in [0.25, 0.3) is 5.69 Å². The van der Waals surface area contributed by atoms with Gasteiger partial charge in [0.15, 0.2) is 5.11 Å². The van der Waals surface area contributed by atoms with Crippen LogP contribution in [0.3, 0.4) is 0 Å². The first-order valence-corrected chi connectivity index (χ1v) is 6.86. The number of benzene rings is 1. The molecule has 0 bridgehead atoms. The standard InChI is InChI=1S/C13H16N4O2S/c14-13(20)15-12(16-8-2-1-3-9-16)10-4-6-11(7-5-10)17(18)19/h4-7H,1-3,8-9H2,(H2,14,20)/b15-12+. The Kier molecular flexibility index (Phi) is 4.62. The highest BCUT2D eigenvalue weighted by molar-refractivity contribution is 7.80. The van der Waals surface area contributed by atoms with Gasteiger partial charge >= 0.3 is 0 Å². The molecular formula is C13H16N4O2S. The highest BCUT2D eigenvalue weighted by Crippen LogP contribution is 2.17. The summed E-state index contributed by atoms with van der Waals surface area (Å²) in [5, 5.41) is 10.8. The number of likely N-dealkylation sites (tertiary alicyclic amines) is 1. The molecule has 7 heteroatoms. The number of rotatable bonds is 2. The number of nitrogens with two attached hydrogens (primary N) is 1. The number of nitrogens with zero attached hydrogens (tertiary/aromatic N) is 3. The van der Waals surface area contributed by atoms with Crippen molar-refractivity contribution < 1.29 is 4.92 Å². The molecule has 0 aromatic heterocycles. The van der Waals surface area contributed by atoms with Gasteiger partial charge in [0.05, 0.1) is 4.92 Å². The molecule has 1 saturated heterocycles. The smallest absolute Gasteiger partial charge is 0.269 e. The van der Waals surface area contributed by atoms with E-state index in [-0.39, 0.29) is 10.8 Å². The average molecular weight is 292 g/mol. The zero-order chi connectivity index (χ0) is 14.5. The Hall–Kier alpha value is -2.02. The van der Waals surface area contributed by atoms with Gasteiger partial charge < -0.3 is 10.6 Å². The van der Waals surface area contributed by atoms with Crippen molar-refractivity contribution in [3.63, 3.8) is 0 Å². The molecule has 6 nitrogen and oxygen atoms in total. The van der Waals surface area contributed by atoms with Crippen LogP contribution in [-0.2, 0) is 0 Å². The van der Waals surface area contributed by atoms with Gasteiger partial charge in [-0.1, -0.05) is 0 Å². The summed E-state index contributed by atoms with van der Waals surface area (Å²) in [7, 11) is 0. The molecule has 2 rings (SSSR count). The van der Waals surface area contributed by atoms with Crippen molar-refractivity contribution in [1.82, 2.24) is 4.90 Å². The normalized spacial score (nSPS) is 16.0. The topological polar surface area (TPSA) is 84.8 Å². The van der Waals surface area contributed by atoms with E-state index < -0.39 is 4.92 Å². The van der Waals surface area contributed by atoms with Crippen molar-refractivity contribution in [2.45, 2.75) is 19.3 Å². The Morgan fingerprint density at radius 1 is 1.25 bits per heavy atom. The number of nitro groups is 1. The Labute approximate surface area is 122 Å². The summed E-state index contributed by atoms with van der Waals surface area (Å²) in [4.78, 5) is 16.6. The maximum atomic E-state index is 10.7. The third-order valence-electron chi connectivity index (χ3n) is 3.21. The lowest BCUT2D eigenvalue weighted by Gasteiger charge is -2.29. The van der Waals surface area contributed by atoms with Gasteiger partial charge in [-0.25, -0.2) is 4.99 Å². The number of thiocarbonyl (C=S) groups is 1. The lowest BCUT2D eigenvalue weighted by Crippen LogP contribution is -2.37. The summed E-state index contributed by atoms with van der Waals surface area (Å²) in [5.41, 5.74) is 6.38. The number of piperidine rings is 1. The average Bonchev–Trinajstić information content (AvgIpc) is 2.45. The fourth-order valence-electron chi connectivity index (χ4n) is 2.26. The van der Waals surface area contributed by atoms with Crippen molar-refractivity contribution in [2.24, 2.45) is 10.7 Å². The van der Waals surface area contributed by atoms with Crippen LogP contribution in [0.2, 0.25) is 0 Å². The molecule has 0 saturated carbocycles. The van der Waals surface area contributed by atoms with E-state index in [0.717, 1.165) is 31.5 Å². The van der Waals surface area contributed by atoms with Gasteiger partial charge in [-0.15, -0.1) is 0 Å². The minimum atomic E-state index is -0.422. The zero-order valence-electron chi connectivity index (χ0n) is 11.0. The molecule has 0 atom stereocenters. The summed E-state index contributed by atoms with van der Waals surface area (Å²) >= 11 is 4.86. The van der Waals surface area contributed by atoms with Crippen LogP contribution in [0.15, 0.2) is 29.3 Å². The van der Waals surface area contributed by atoms with Crippen LogP contribution in [0, 0.1) is 10.1 Å². The van der Waals surface area contributed by atoms with E-state index in [4.69, 9.17) is 18.0 Å². The summed E-state index contributed by atoms with van der Waals surface area (Å²) in [6.45, 7) is 1.80. The number of non-ortho nitro benzene ring substituents is 1. The van der Waals surface area contributed by atoms with Gasteiger partial charge in [-0.2, -0.15) is 0 Å². The Balaban J connectivity index is 2.30. The molecule has 106 valence electrons. The highest BCUT2D eigenvalue weighted by atomic mass is 32.1. The second-order valence-corrected chi connectivity index (χ2v) is 5.04. The first-order valence-electron chi connectivity index (χ1n) is 6.46. The lowest BCUT2D eigenvalue weighted by atomic mass is 10.1. The zero-order valence-corrected chi connectivity index (χ0v) is 11.8. The molecule has 0 radical (unpaired) electrons. The number of aliphatic imine (C=N–C) groups is 1. The molecule has 0 aliphatic carbocycles. The number of hydrogen-bond acceptors (Lipinski definition) is 3. The maximum Gasteiger partial charge on any atom is 0.269 e. The van der Waals surface area contributed by atoms with Crippen LogP contribution < -0.4 is 5.73 Å². The van der Waals surface area contributed by atoms with Crippen molar-refractivity contribution >= 4 is 28.9 Å². The number of amidine groups is 1. The quantitative estimate of drug-likeness (QED) is 0.296. The predicted octanol–water partition coefficient (Wildman–Crippen LogP) is 2.07. The molecule has 1 aliphatic heterocycles. The van der Waals surface area contributed by atoms with E-state index >= 15 is 0 Å². The van der Waals surface area contributed by atoms with Gasteiger partial charge in [0, 0.05) is 30.8 Å². The van der Waals surface area contributed by atoms with E-state index in [9.17, 15) is 10.1 Å². The molecule has 1 aromatic rings. The summed E-state index contributed by atoms with van der Waals surface area (Å²) in [5.74, 6) is 0.701. The molecule has 2 N–H and O–H groups in total. The van der Waals surface area contributed by atoms with E-state index in [1.807, 2.05) is 0 Å². The minimum Gasteiger partial charge on any atom is -0.374 e. The van der Waals surface area contributed by atoms with Gasteiger partial charge in [0.1, 0.15) is 5.84 Å². The van der Waals surface area contributed by atoms with Crippen LogP contribution in [0.25, 0.3) is 0 Å². The summed E-state index contributed by atoms with van der Waals surface area (Å²) in [6.07, 6.45) is 3.41. The first kappa shape index (κ1) is 14.4. The van der Waals surface area contributed by atoms with Gasteiger partial charge in [-0.05, 0) is 43.6 Å². The molecule has 1 aromatic carbocycles. The number of hydrogen-bond donors (Lipinski definition) is 1. The first-order chi connectivity index (χ1) is 9.58. The van der Waals surface area contributed by atoms with Crippen LogP contribution in [0.1, 0.15) is 24.8 Å². The molecule has 1 heterocycles. The minimum absolute atomic E-state index is 0.0575. The largest absolute Gasteiger partial charge is 0.374 e. The van der Waals surface area contributed by atoms with Crippen LogP contribution >= 0.6 is 12.2 Å². The van der Waals surface area contributed by atoms with E-state index in [0.29, 0.717) is 5.84 Å². The van der Waals surface area contributed by atoms with Crippen LogP contribution in [-0.4, -0.2) is 33.9 Å². The van der Waals surface area contributed by atoms with E-state index in [1.165, 1.54) is 18.6 Å². The SMILES string of the molecule is NC(=S)/N=C(\c1ccc([N+](=O)[O-])cc1)N1CCCCC1. The van der Waals surface area contributed by atoms with Crippen LogP contribution in [0.4, 0.5) is 5.69 Å². The molecule has 0 spiro atoms. The third-order valence-corrected chi connectivity index (χ3v) is 3.30. The molecule has 1 aliphatic rings. The second kappa shape index (κ2) is 6.42. The fraction of sp³-hybridized carbons (Fsp3) is 0.385. The predicted molar refractivity (Wildman–Crippen MR) is 81.8 cm³/mol.